The summed E-state index contributed by atoms with van der Waals surface area (Å²) in [6.07, 6.45) is 10.6. The zero-order valence-electron chi connectivity index (χ0n) is 8.74. The first-order valence-electron chi connectivity index (χ1n) is 4.92. The Morgan fingerprint density at radius 3 is 2.46 bits per heavy atom. The van der Waals surface area contributed by atoms with Crippen LogP contribution in [0.4, 0.5) is 0 Å². The van der Waals surface area contributed by atoms with Crippen molar-refractivity contribution >= 4 is 0 Å². The standard InChI is InChI=1S/C11H21NO/c1-3-4-5-6-7-8-9-12(2)10-11-13/h4-7,13H,3,8-11H2,1-2H3. The van der Waals surface area contributed by atoms with Gasteiger partial charge in [-0.2, -0.15) is 0 Å². The minimum Gasteiger partial charge on any atom is -0.395 e. The molecule has 0 aromatic rings. The normalized spacial score (nSPS) is 12.3. The summed E-state index contributed by atoms with van der Waals surface area (Å²) in [5, 5.41) is 8.64. The smallest absolute Gasteiger partial charge is 0.0558 e. The van der Waals surface area contributed by atoms with Gasteiger partial charge in [0.05, 0.1) is 6.61 Å². The Morgan fingerprint density at radius 1 is 1.15 bits per heavy atom. The largest absolute Gasteiger partial charge is 0.395 e. The van der Waals surface area contributed by atoms with E-state index in [4.69, 9.17) is 5.11 Å². The van der Waals surface area contributed by atoms with Gasteiger partial charge in [-0.1, -0.05) is 31.2 Å². The second-order valence-electron chi connectivity index (χ2n) is 3.08. The molecule has 1 N–H and O–H groups in total. The van der Waals surface area contributed by atoms with E-state index in [1.165, 1.54) is 0 Å². The van der Waals surface area contributed by atoms with Crippen LogP contribution in [0, 0.1) is 0 Å². The van der Waals surface area contributed by atoms with Gasteiger partial charge in [-0.05, 0) is 19.9 Å². The van der Waals surface area contributed by atoms with Gasteiger partial charge in [-0.25, -0.2) is 0 Å². The third-order valence-corrected chi connectivity index (χ3v) is 1.78. The molecule has 0 aliphatic heterocycles. The molecule has 76 valence electrons. The number of likely N-dealkylation sites (N-methyl/N-ethyl adjacent to an activating group) is 1. The molecule has 0 aromatic carbocycles. The summed E-state index contributed by atoms with van der Waals surface area (Å²) in [5.41, 5.74) is 0. The van der Waals surface area contributed by atoms with Gasteiger partial charge in [-0.3, -0.25) is 0 Å². The second-order valence-corrected chi connectivity index (χ2v) is 3.08. The lowest BCUT2D eigenvalue weighted by Crippen LogP contribution is -2.22. The van der Waals surface area contributed by atoms with Gasteiger partial charge in [0.1, 0.15) is 0 Å². The summed E-state index contributed by atoms with van der Waals surface area (Å²) in [4.78, 5) is 2.12. The van der Waals surface area contributed by atoms with Gasteiger partial charge in [0, 0.05) is 13.1 Å². The van der Waals surface area contributed by atoms with E-state index in [2.05, 4.69) is 36.1 Å². The molecule has 0 fully saturated rings. The average Bonchev–Trinajstić information content (AvgIpc) is 2.11. The zero-order valence-corrected chi connectivity index (χ0v) is 8.74. The lowest BCUT2D eigenvalue weighted by molar-refractivity contribution is 0.223. The molecule has 2 nitrogen and oxygen atoms in total. The lowest BCUT2D eigenvalue weighted by atomic mass is 10.3. The maximum Gasteiger partial charge on any atom is 0.0558 e. The molecule has 0 amide bonds. The fourth-order valence-corrected chi connectivity index (χ4v) is 0.967. The van der Waals surface area contributed by atoms with Gasteiger partial charge in [-0.15, -0.1) is 0 Å². The van der Waals surface area contributed by atoms with Crippen LogP contribution in [0.5, 0.6) is 0 Å². The maximum absolute atomic E-state index is 8.64. The van der Waals surface area contributed by atoms with E-state index in [0.717, 1.165) is 25.9 Å². The first-order chi connectivity index (χ1) is 6.31. The van der Waals surface area contributed by atoms with E-state index in [-0.39, 0.29) is 6.61 Å². The van der Waals surface area contributed by atoms with Crippen molar-refractivity contribution in [1.29, 1.82) is 0 Å². The first kappa shape index (κ1) is 12.4. The molecule has 0 saturated carbocycles. The van der Waals surface area contributed by atoms with E-state index < -0.39 is 0 Å². The highest BCUT2D eigenvalue weighted by Crippen LogP contribution is 1.89. The van der Waals surface area contributed by atoms with Gasteiger partial charge in [0.15, 0.2) is 0 Å². The fraction of sp³-hybridized carbons (Fsp3) is 0.636. The predicted octanol–water partition coefficient (Wildman–Crippen LogP) is 1.82. The molecule has 0 saturated heterocycles. The molecule has 0 aliphatic carbocycles. The molecule has 0 aromatic heterocycles. The minimum atomic E-state index is 0.246. The monoisotopic (exact) mass is 183 g/mol. The summed E-state index contributed by atoms with van der Waals surface area (Å²) < 4.78 is 0. The maximum atomic E-state index is 8.64. The lowest BCUT2D eigenvalue weighted by Gasteiger charge is -2.12. The third-order valence-electron chi connectivity index (χ3n) is 1.78. The van der Waals surface area contributed by atoms with Crippen LogP contribution >= 0.6 is 0 Å². The Kier molecular flexibility index (Phi) is 9.05. The van der Waals surface area contributed by atoms with Crippen molar-refractivity contribution in [3.8, 4) is 0 Å². The molecule has 0 spiro atoms. The molecule has 0 rings (SSSR count). The van der Waals surface area contributed by atoms with Crippen LogP contribution in [0.15, 0.2) is 24.3 Å². The Hall–Kier alpha value is -0.600. The number of hydrogen-bond acceptors (Lipinski definition) is 2. The van der Waals surface area contributed by atoms with Crippen LogP contribution in [-0.4, -0.2) is 36.8 Å². The van der Waals surface area contributed by atoms with Gasteiger partial charge >= 0.3 is 0 Å². The van der Waals surface area contributed by atoms with Crippen molar-refractivity contribution in [1.82, 2.24) is 4.90 Å². The Morgan fingerprint density at radius 2 is 1.85 bits per heavy atom. The van der Waals surface area contributed by atoms with Gasteiger partial charge in [0.25, 0.3) is 0 Å². The van der Waals surface area contributed by atoms with Crippen LogP contribution in [0.1, 0.15) is 19.8 Å². The van der Waals surface area contributed by atoms with Crippen LogP contribution in [0.3, 0.4) is 0 Å². The minimum absolute atomic E-state index is 0.246. The van der Waals surface area contributed by atoms with Crippen molar-refractivity contribution in [3.05, 3.63) is 24.3 Å². The highest BCUT2D eigenvalue weighted by molar-refractivity contribution is 5.01. The Labute approximate surface area is 81.6 Å². The fourth-order valence-electron chi connectivity index (χ4n) is 0.967. The van der Waals surface area contributed by atoms with Crippen LogP contribution in [0.25, 0.3) is 0 Å². The number of aliphatic hydroxyl groups excluding tert-OH is 1. The molecule has 0 aliphatic rings. The molecular formula is C11H21NO. The van der Waals surface area contributed by atoms with Crippen molar-refractivity contribution in [2.75, 3.05) is 26.7 Å². The number of aliphatic hydroxyl groups is 1. The molecule has 13 heavy (non-hydrogen) atoms. The molecule has 0 unspecified atom stereocenters. The molecule has 0 bridgehead atoms. The van der Waals surface area contributed by atoms with E-state index in [1.54, 1.807) is 0 Å². The highest BCUT2D eigenvalue weighted by Gasteiger charge is 1.92. The Bertz CT molecular complexity index is 152. The number of hydrogen-bond donors (Lipinski definition) is 1. The zero-order chi connectivity index (χ0) is 9.94. The molecule has 2 heteroatoms. The Balaban J connectivity index is 3.33. The van der Waals surface area contributed by atoms with Crippen LogP contribution < -0.4 is 0 Å². The van der Waals surface area contributed by atoms with Crippen LogP contribution in [-0.2, 0) is 0 Å². The average molecular weight is 183 g/mol. The summed E-state index contributed by atoms with van der Waals surface area (Å²) in [6, 6.07) is 0. The van der Waals surface area contributed by atoms with E-state index in [9.17, 15) is 0 Å². The molecule has 0 radical (unpaired) electrons. The topological polar surface area (TPSA) is 23.5 Å². The van der Waals surface area contributed by atoms with E-state index in [1.807, 2.05) is 7.05 Å². The highest BCUT2D eigenvalue weighted by atomic mass is 16.3. The molecular weight excluding hydrogens is 162 g/mol. The summed E-state index contributed by atoms with van der Waals surface area (Å²) in [7, 11) is 2.02. The van der Waals surface area contributed by atoms with Crippen molar-refractivity contribution < 1.29 is 5.11 Å². The first-order valence-corrected chi connectivity index (χ1v) is 4.92. The molecule has 0 atom stereocenters. The van der Waals surface area contributed by atoms with Crippen molar-refractivity contribution in [3.63, 3.8) is 0 Å². The summed E-state index contributed by atoms with van der Waals surface area (Å²) in [5.74, 6) is 0. The van der Waals surface area contributed by atoms with E-state index >= 15 is 0 Å². The van der Waals surface area contributed by atoms with Gasteiger partial charge < -0.3 is 10.0 Å². The van der Waals surface area contributed by atoms with Gasteiger partial charge in [0.2, 0.25) is 0 Å². The third kappa shape index (κ3) is 9.31. The van der Waals surface area contributed by atoms with Crippen LogP contribution in [0.2, 0.25) is 0 Å². The predicted molar refractivity (Wildman–Crippen MR) is 57.8 cm³/mol. The summed E-state index contributed by atoms with van der Waals surface area (Å²) >= 11 is 0. The number of rotatable bonds is 7. The van der Waals surface area contributed by atoms with E-state index in [0.29, 0.717) is 0 Å². The molecule has 0 heterocycles. The number of allylic oxidation sites excluding steroid dienone is 3. The number of nitrogens with zero attached hydrogens (tertiary/aromatic N) is 1. The van der Waals surface area contributed by atoms with Crippen molar-refractivity contribution in [2.45, 2.75) is 19.8 Å². The summed E-state index contributed by atoms with van der Waals surface area (Å²) in [6.45, 7) is 4.14. The SMILES string of the molecule is CCC=CC=CCCN(C)CCO. The second kappa shape index (κ2) is 9.49. The quantitative estimate of drug-likeness (QED) is 0.609. The van der Waals surface area contributed by atoms with Crippen molar-refractivity contribution in [2.24, 2.45) is 0 Å².